The second kappa shape index (κ2) is 4.98. The van der Waals surface area contributed by atoms with Crippen LogP contribution in [0.1, 0.15) is 20.8 Å². The lowest BCUT2D eigenvalue weighted by Crippen LogP contribution is -2.35. The summed E-state index contributed by atoms with van der Waals surface area (Å²) in [6, 6.07) is 7.44. The maximum atomic E-state index is 12.5. The zero-order valence-electron chi connectivity index (χ0n) is 10.2. The van der Waals surface area contributed by atoms with E-state index in [0.717, 1.165) is 17.4 Å². The van der Waals surface area contributed by atoms with E-state index in [2.05, 4.69) is 27.4 Å². The summed E-state index contributed by atoms with van der Waals surface area (Å²) in [7, 11) is 0. The number of hydrogen-bond acceptors (Lipinski definition) is 3. The zero-order chi connectivity index (χ0) is 13.4. The maximum Gasteiger partial charge on any atom is 0.255 e. The molecule has 0 fully saturated rings. The van der Waals surface area contributed by atoms with Crippen LogP contribution >= 0.6 is 27.3 Å². The molecule has 19 heavy (non-hydrogen) atoms. The number of halogens is 1. The van der Waals surface area contributed by atoms with Gasteiger partial charge in [0, 0.05) is 28.1 Å². The minimum Gasteiger partial charge on any atom is -0.399 e. The van der Waals surface area contributed by atoms with E-state index in [-0.39, 0.29) is 5.91 Å². The first-order valence-electron chi connectivity index (χ1n) is 6.04. The van der Waals surface area contributed by atoms with Gasteiger partial charge in [0.2, 0.25) is 0 Å². The lowest BCUT2D eigenvalue weighted by Gasteiger charge is -2.27. The van der Waals surface area contributed by atoms with Crippen LogP contribution in [-0.4, -0.2) is 17.4 Å². The Hall–Kier alpha value is -1.33. The number of rotatable bonds is 1. The molecule has 1 aliphatic rings. The van der Waals surface area contributed by atoms with E-state index >= 15 is 0 Å². The highest BCUT2D eigenvalue weighted by Gasteiger charge is 2.23. The number of nitrogens with two attached hydrogens (primary N) is 1. The normalized spacial score (nSPS) is 14.3. The minimum absolute atomic E-state index is 0.0380. The molecular weight excluding hydrogens is 324 g/mol. The van der Waals surface area contributed by atoms with E-state index in [1.807, 2.05) is 11.0 Å². The van der Waals surface area contributed by atoms with Crippen molar-refractivity contribution in [1.82, 2.24) is 4.90 Å². The number of nitrogens with zero attached hydrogens (tertiary/aromatic N) is 1. The van der Waals surface area contributed by atoms with Crippen molar-refractivity contribution in [3.63, 3.8) is 0 Å². The molecule has 2 N–H and O–H groups in total. The van der Waals surface area contributed by atoms with Crippen LogP contribution in [0, 0.1) is 0 Å². The van der Waals surface area contributed by atoms with Crippen molar-refractivity contribution in [2.45, 2.75) is 13.0 Å². The molecule has 3 rings (SSSR count). The summed E-state index contributed by atoms with van der Waals surface area (Å²) in [6.45, 7) is 1.46. The van der Waals surface area contributed by atoms with Crippen molar-refractivity contribution in [1.29, 1.82) is 0 Å². The molecule has 0 saturated heterocycles. The molecule has 98 valence electrons. The van der Waals surface area contributed by atoms with Crippen LogP contribution in [0.3, 0.4) is 0 Å². The summed E-state index contributed by atoms with van der Waals surface area (Å²) >= 11 is 5.19. The standard InChI is InChI=1S/C14H13BrN2OS/c15-12-2-1-10(16)7-11(12)14(18)17-5-3-13-9(8-17)4-6-19-13/h1-2,4,6-7H,3,5,8,16H2. The third-order valence-electron chi connectivity index (χ3n) is 3.32. The van der Waals surface area contributed by atoms with Crippen LogP contribution in [0.4, 0.5) is 5.69 Å². The molecule has 1 amide bonds. The number of anilines is 1. The first-order chi connectivity index (χ1) is 9.15. The van der Waals surface area contributed by atoms with Gasteiger partial charge in [0.05, 0.1) is 5.56 Å². The Labute approximate surface area is 124 Å². The lowest BCUT2D eigenvalue weighted by molar-refractivity contribution is 0.0735. The molecule has 1 aromatic carbocycles. The molecule has 1 aliphatic heterocycles. The predicted octanol–water partition coefficient (Wildman–Crippen LogP) is 3.29. The average Bonchev–Trinajstić information content (AvgIpc) is 2.88. The fourth-order valence-corrected chi connectivity index (χ4v) is 3.60. The number of carbonyl (C=O) groups is 1. The first kappa shape index (κ1) is 12.7. The molecule has 1 aromatic heterocycles. The van der Waals surface area contributed by atoms with Crippen molar-refractivity contribution >= 4 is 38.9 Å². The quantitative estimate of drug-likeness (QED) is 0.812. The summed E-state index contributed by atoms with van der Waals surface area (Å²) in [5.74, 6) is 0.0380. The van der Waals surface area contributed by atoms with E-state index < -0.39 is 0 Å². The summed E-state index contributed by atoms with van der Waals surface area (Å²) in [6.07, 6.45) is 0.943. The van der Waals surface area contributed by atoms with Gasteiger partial charge in [0.15, 0.2) is 0 Å². The van der Waals surface area contributed by atoms with Crippen LogP contribution in [0.5, 0.6) is 0 Å². The van der Waals surface area contributed by atoms with Crippen LogP contribution in [0.25, 0.3) is 0 Å². The summed E-state index contributed by atoms with van der Waals surface area (Å²) in [5, 5.41) is 2.09. The molecule has 3 nitrogen and oxygen atoms in total. The van der Waals surface area contributed by atoms with Crippen LogP contribution in [-0.2, 0) is 13.0 Å². The molecule has 0 spiro atoms. The lowest BCUT2D eigenvalue weighted by atomic mass is 10.1. The summed E-state index contributed by atoms with van der Waals surface area (Å²) < 4.78 is 0.794. The van der Waals surface area contributed by atoms with Crippen molar-refractivity contribution < 1.29 is 4.79 Å². The van der Waals surface area contributed by atoms with Crippen molar-refractivity contribution in [3.05, 3.63) is 50.1 Å². The zero-order valence-corrected chi connectivity index (χ0v) is 12.6. The average molecular weight is 337 g/mol. The molecule has 2 heterocycles. The van der Waals surface area contributed by atoms with E-state index in [1.54, 1.807) is 23.5 Å². The molecule has 0 saturated carbocycles. The molecule has 5 heteroatoms. The third kappa shape index (κ3) is 2.40. The Kier molecular flexibility index (Phi) is 3.33. The van der Waals surface area contributed by atoms with Gasteiger partial charge in [-0.3, -0.25) is 4.79 Å². The molecule has 2 aromatic rings. The highest BCUT2D eigenvalue weighted by atomic mass is 79.9. The molecule has 0 atom stereocenters. The second-order valence-electron chi connectivity index (χ2n) is 4.59. The van der Waals surface area contributed by atoms with E-state index in [9.17, 15) is 4.79 Å². The fraction of sp³-hybridized carbons (Fsp3) is 0.214. The fourth-order valence-electron chi connectivity index (χ4n) is 2.30. The maximum absolute atomic E-state index is 12.5. The number of benzene rings is 1. The van der Waals surface area contributed by atoms with Crippen LogP contribution in [0.2, 0.25) is 0 Å². The summed E-state index contributed by atoms with van der Waals surface area (Å²) in [4.78, 5) is 15.8. The Morgan fingerprint density at radius 1 is 1.37 bits per heavy atom. The van der Waals surface area contributed by atoms with Crippen molar-refractivity contribution in [2.24, 2.45) is 0 Å². The Morgan fingerprint density at radius 3 is 3.05 bits per heavy atom. The Bertz CT molecular complexity index is 638. The topological polar surface area (TPSA) is 46.3 Å². The van der Waals surface area contributed by atoms with Crippen molar-refractivity contribution in [2.75, 3.05) is 12.3 Å². The van der Waals surface area contributed by atoms with Gasteiger partial charge < -0.3 is 10.6 Å². The van der Waals surface area contributed by atoms with E-state index in [4.69, 9.17) is 5.73 Å². The number of amides is 1. The monoisotopic (exact) mass is 336 g/mol. The molecular formula is C14H13BrN2OS. The van der Waals surface area contributed by atoms with Crippen LogP contribution in [0.15, 0.2) is 34.1 Å². The first-order valence-corrected chi connectivity index (χ1v) is 7.72. The number of fused-ring (bicyclic) bond motifs is 1. The third-order valence-corrected chi connectivity index (χ3v) is 5.03. The minimum atomic E-state index is 0.0380. The van der Waals surface area contributed by atoms with Gasteiger partial charge in [0.25, 0.3) is 5.91 Å². The van der Waals surface area contributed by atoms with E-state index in [0.29, 0.717) is 17.8 Å². The van der Waals surface area contributed by atoms with Gasteiger partial charge in [0.1, 0.15) is 0 Å². The number of nitrogen functional groups attached to an aromatic ring is 1. The largest absolute Gasteiger partial charge is 0.399 e. The SMILES string of the molecule is Nc1ccc(Br)c(C(=O)N2CCc3sccc3C2)c1. The number of carbonyl (C=O) groups excluding carboxylic acids is 1. The van der Waals surface area contributed by atoms with Gasteiger partial charge in [-0.25, -0.2) is 0 Å². The molecule has 0 bridgehead atoms. The van der Waals surface area contributed by atoms with E-state index in [1.165, 1.54) is 10.4 Å². The van der Waals surface area contributed by atoms with Gasteiger partial charge >= 0.3 is 0 Å². The Balaban J connectivity index is 1.87. The predicted molar refractivity (Wildman–Crippen MR) is 81.3 cm³/mol. The Morgan fingerprint density at radius 2 is 2.21 bits per heavy atom. The molecule has 0 radical (unpaired) electrons. The van der Waals surface area contributed by atoms with Gasteiger partial charge in [-0.2, -0.15) is 0 Å². The molecule has 0 unspecified atom stereocenters. The van der Waals surface area contributed by atoms with Gasteiger partial charge in [-0.1, -0.05) is 0 Å². The summed E-state index contributed by atoms with van der Waals surface area (Å²) in [5.41, 5.74) is 8.28. The van der Waals surface area contributed by atoms with Crippen molar-refractivity contribution in [3.8, 4) is 0 Å². The van der Waals surface area contributed by atoms with Crippen LogP contribution < -0.4 is 5.73 Å². The highest BCUT2D eigenvalue weighted by molar-refractivity contribution is 9.10. The number of thiophene rings is 1. The molecule has 0 aliphatic carbocycles. The smallest absolute Gasteiger partial charge is 0.255 e. The second-order valence-corrected chi connectivity index (χ2v) is 6.44. The highest BCUT2D eigenvalue weighted by Crippen LogP contribution is 2.27. The van der Waals surface area contributed by atoms with Gasteiger partial charge in [-0.05, 0) is 57.6 Å². The van der Waals surface area contributed by atoms with Gasteiger partial charge in [-0.15, -0.1) is 11.3 Å². The number of hydrogen-bond donors (Lipinski definition) is 1.